The molecule has 2 aliphatic carbocycles. The van der Waals surface area contributed by atoms with Gasteiger partial charge in [-0.1, -0.05) is 36.7 Å². The Kier molecular flexibility index (Phi) is 8.58. The maximum atomic E-state index is 13.6. The minimum absolute atomic E-state index is 0.0487. The third-order valence-electron chi connectivity index (χ3n) is 9.69. The minimum atomic E-state index is -3.91. The zero-order chi connectivity index (χ0) is 29.4. The molecule has 7 nitrogen and oxygen atoms in total. The second-order valence-electron chi connectivity index (χ2n) is 12.7. The maximum absolute atomic E-state index is 13.6. The van der Waals surface area contributed by atoms with E-state index in [1.165, 1.54) is 5.56 Å². The Balaban J connectivity index is 1.38. The summed E-state index contributed by atoms with van der Waals surface area (Å²) in [5.41, 5.74) is 3.34. The predicted octanol–water partition coefficient (Wildman–Crippen LogP) is 5.88. The number of sulfonamides is 1. The van der Waals surface area contributed by atoms with Crippen molar-refractivity contribution in [3.05, 3.63) is 70.3 Å². The monoisotopic (exact) mass is 612 g/mol. The van der Waals surface area contributed by atoms with Crippen LogP contribution in [0.2, 0.25) is 5.02 Å². The van der Waals surface area contributed by atoms with Gasteiger partial charge >= 0.3 is 0 Å². The van der Waals surface area contributed by atoms with Crippen molar-refractivity contribution in [2.45, 2.75) is 76.3 Å². The molecule has 2 bridgehead atoms. The molecule has 2 aromatic carbocycles. The third kappa shape index (κ3) is 6.36. The molecular weight excluding hydrogens is 572 g/mol. The van der Waals surface area contributed by atoms with E-state index in [1.54, 1.807) is 18.2 Å². The van der Waals surface area contributed by atoms with E-state index in [-0.39, 0.29) is 17.8 Å². The Morgan fingerprint density at radius 1 is 1.02 bits per heavy atom. The van der Waals surface area contributed by atoms with Crippen LogP contribution < -0.4 is 14.4 Å². The number of rotatable bonds is 1. The van der Waals surface area contributed by atoms with Gasteiger partial charge in [0.05, 0.1) is 17.0 Å². The van der Waals surface area contributed by atoms with Crippen molar-refractivity contribution in [3.8, 4) is 5.75 Å². The molecule has 2 heterocycles. The Labute approximate surface area is 254 Å². The van der Waals surface area contributed by atoms with Crippen molar-refractivity contribution in [1.82, 2.24) is 4.72 Å². The van der Waals surface area contributed by atoms with Gasteiger partial charge in [0.1, 0.15) is 12.4 Å². The molecule has 2 saturated carbocycles. The van der Waals surface area contributed by atoms with E-state index in [4.69, 9.17) is 16.3 Å². The zero-order valence-electron chi connectivity index (χ0n) is 24.2. The van der Waals surface area contributed by atoms with E-state index in [9.17, 15) is 18.3 Å². The van der Waals surface area contributed by atoms with Crippen LogP contribution in [0.3, 0.4) is 0 Å². The smallest absolute Gasteiger partial charge is 0.264 e. The van der Waals surface area contributed by atoms with Gasteiger partial charge in [-0.15, -0.1) is 0 Å². The number of amides is 1. The van der Waals surface area contributed by atoms with Crippen LogP contribution in [0.4, 0.5) is 5.69 Å². The van der Waals surface area contributed by atoms with Crippen molar-refractivity contribution in [2.75, 3.05) is 18.0 Å². The van der Waals surface area contributed by atoms with Crippen LogP contribution in [0.1, 0.15) is 73.4 Å². The molecule has 0 aromatic heterocycles. The van der Waals surface area contributed by atoms with Crippen LogP contribution in [0, 0.1) is 23.7 Å². The number of halogens is 1. The largest absolute Gasteiger partial charge is 0.487 e. The quantitative estimate of drug-likeness (QED) is 0.390. The summed E-state index contributed by atoms with van der Waals surface area (Å²) >= 11 is 6.31. The number of aryl methyl sites for hydroxylation is 1. The van der Waals surface area contributed by atoms with E-state index in [1.807, 2.05) is 37.3 Å². The second-order valence-corrected chi connectivity index (χ2v) is 15.0. The number of aliphatic hydroxyl groups is 1. The van der Waals surface area contributed by atoms with Crippen LogP contribution in [0.5, 0.6) is 5.75 Å². The number of aliphatic hydroxyl groups excluding tert-OH is 1. The summed E-state index contributed by atoms with van der Waals surface area (Å²) in [6.07, 6.45) is 10.3. The number of benzene rings is 2. The van der Waals surface area contributed by atoms with E-state index in [0.29, 0.717) is 35.3 Å². The number of allylic oxidation sites excluding steroid dienone is 1. The lowest BCUT2D eigenvalue weighted by molar-refractivity contribution is 0.0461. The molecule has 4 aliphatic rings. The molecule has 0 spiro atoms. The summed E-state index contributed by atoms with van der Waals surface area (Å²) in [6.45, 7) is 3.78. The first-order valence-electron chi connectivity index (χ1n) is 15.4. The van der Waals surface area contributed by atoms with Crippen LogP contribution in [-0.2, 0) is 23.1 Å². The molecule has 2 aliphatic heterocycles. The molecule has 0 radical (unpaired) electrons. The summed E-state index contributed by atoms with van der Waals surface area (Å²) in [4.78, 5) is 15.8. The van der Waals surface area contributed by atoms with Gasteiger partial charge in [-0.25, -0.2) is 13.1 Å². The van der Waals surface area contributed by atoms with Crippen molar-refractivity contribution < 1.29 is 23.1 Å². The highest BCUT2D eigenvalue weighted by atomic mass is 35.5. The van der Waals surface area contributed by atoms with Gasteiger partial charge in [-0.3, -0.25) is 4.79 Å². The number of anilines is 1. The molecule has 1 amide bonds. The average Bonchev–Trinajstić information content (AvgIpc) is 3.75. The van der Waals surface area contributed by atoms with Crippen molar-refractivity contribution in [1.29, 1.82) is 0 Å². The summed E-state index contributed by atoms with van der Waals surface area (Å²) in [5.74, 6) is 0.371. The lowest BCUT2D eigenvalue weighted by Crippen LogP contribution is -2.44. The van der Waals surface area contributed by atoms with Gasteiger partial charge in [-0.05, 0) is 116 Å². The van der Waals surface area contributed by atoms with E-state index in [2.05, 4.69) is 9.62 Å². The van der Waals surface area contributed by atoms with Crippen LogP contribution >= 0.6 is 11.6 Å². The molecule has 42 heavy (non-hydrogen) atoms. The zero-order valence-corrected chi connectivity index (χ0v) is 25.7. The highest BCUT2D eigenvalue weighted by Gasteiger charge is 2.44. The van der Waals surface area contributed by atoms with Crippen molar-refractivity contribution in [2.24, 2.45) is 23.7 Å². The highest BCUT2D eigenvalue weighted by molar-refractivity contribution is 7.90. The minimum Gasteiger partial charge on any atom is -0.487 e. The molecule has 0 unspecified atom stereocenters. The van der Waals surface area contributed by atoms with E-state index < -0.39 is 27.3 Å². The first-order chi connectivity index (χ1) is 20.2. The molecule has 2 N–H and O–H groups in total. The fourth-order valence-electron chi connectivity index (χ4n) is 7.05. The summed E-state index contributed by atoms with van der Waals surface area (Å²) in [7, 11) is -3.91. The van der Waals surface area contributed by atoms with Crippen LogP contribution in [0.25, 0.3) is 0 Å². The van der Waals surface area contributed by atoms with Crippen LogP contribution in [-0.4, -0.2) is 43.9 Å². The molecule has 2 aromatic rings. The van der Waals surface area contributed by atoms with E-state index in [0.717, 1.165) is 69.3 Å². The van der Waals surface area contributed by atoms with Gasteiger partial charge in [0, 0.05) is 23.7 Å². The number of fused-ring (bicyclic) bond motifs is 3. The number of nitrogens with one attached hydrogen (secondary N) is 1. The van der Waals surface area contributed by atoms with Gasteiger partial charge in [0.2, 0.25) is 10.0 Å². The number of carbonyl (C=O) groups is 1. The Hall–Kier alpha value is -2.55. The molecule has 2 fully saturated rings. The summed E-state index contributed by atoms with van der Waals surface area (Å²) < 4.78 is 36.0. The molecule has 9 heteroatoms. The summed E-state index contributed by atoms with van der Waals surface area (Å²) in [5, 5.41) is 11.2. The molecule has 5 atom stereocenters. The van der Waals surface area contributed by atoms with Gasteiger partial charge in [-0.2, -0.15) is 0 Å². The normalized spacial score (nSPS) is 30.8. The number of nitrogens with zero attached hydrogens (tertiary/aromatic N) is 1. The third-order valence-corrected chi connectivity index (χ3v) is 12.0. The van der Waals surface area contributed by atoms with Crippen molar-refractivity contribution in [3.63, 3.8) is 0 Å². The van der Waals surface area contributed by atoms with Crippen LogP contribution in [0.15, 0.2) is 48.6 Å². The topological polar surface area (TPSA) is 95.9 Å². The predicted molar refractivity (Wildman–Crippen MR) is 165 cm³/mol. The molecular formula is C33H41ClN2O5S. The van der Waals surface area contributed by atoms with Gasteiger partial charge in [0.25, 0.3) is 5.91 Å². The Morgan fingerprint density at radius 3 is 2.60 bits per heavy atom. The number of ether oxygens (including phenoxy) is 1. The van der Waals surface area contributed by atoms with E-state index >= 15 is 0 Å². The standard InChI is InChI=1S/C33H41ClN2O5S/c1-21-5-4-7-30(37)28-14-11-25(28)19-36-16-3-2-6-23-17-27(34)13-10-26(23)20-41-31-15-12-24(18-29(31)36)33(38)35-42(39,40)32(21)22-8-9-22/h4,7,10,12-13,15,17-18,21-22,25,28,30,32,37H,2-3,5-6,8-9,11,14,16,19-20H2,1H3,(H,35,38)/b7-4+/t21-,25+,28-,30+,32+/m1/s1. The number of hydrogen-bond donors (Lipinski definition) is 2. The van der Waals surface area contributed by atoms with Crippen molar-refractivity contribution >= 4 is 33.2 Å². The fourth-order valence-corrected chi connectivity index (χ4v) is 9.26. The van der Waals surface area contributed by atoms with Gasteiger partial charge in [0.15, 0.2) is 0 Å². The average molecular weight is 613 g/mol. The lowest BCUT2D eigenvalue weighted by atomic mass is 9.70. The number of carbonyl (C=O) groups excluding carboxylic acids is 1. The SMILES string of the molecule is C[C@@H]1C/C=C/[C@H](O)[C@@H]2CC[C@H]2CN2CCCCc3cc(Cl)ccc3COc3ccc(cc32)C(=O)NS(=O)(=O)[C@@H]1C1CC1. The van der Waals surface area contributed by atoms with Gasteiger partial charge < -0.3 is 14.7 Å². The highest BCUT2D eigenvalue weighted by Crippen LogP contribution is 2.42. The second kappa shape index (κ2) is 12.2. The summed E-state index contributed by atoms with van der Waals surface area (Å²) in [6, 6.07) is 11.1. The Morgan fingerprint density at radius 2 is 1.83 bits per heavy atom. The fraction of sp³-hybridized carbons (Fsp3) is 0.545. The lowest BCUT2D eigenvalue weighted by Gasteiger charge is -2.42. The molecule has 226 valence electrons. The number of hydrogen-bond acceptors (Lipinski definition) is 6. The first-order valence-corrected chi connectivity index (χ1v) is 17.3. The first kappa shape index (κ1) is 29.5. The maximum Gasteiger partial charge on any atom is 0.264 e. The Bertz CT molecular complexity index is 1460. The molecule has 6 rings (SSSR count). The molecule has 0 saturated heterocycles.